The minimum absolute atomic E-state index is 0.0165. The summed E-state index contributed by atoms with van der Waals surface area (Å²) in [7, 11) is -4.44. The topological polar surface area (TPSA) is 59.1 Å². The first-order chi connectivity index (χ1) is 11.2. The summed E-state index contributed by atoms with van der Waals surface area (Å²) in [5, 5.41) is 0.0165. The molecule has 0 radical (unpaired) electrons. The summed E-state index contributed by atoms with van der Waals surface area (Å²) in [5.41, 5.74) is 2.48. The van der Waals surface area contributed by atoms with E-state index >= 15 is 0 Å². The Morgan fingerprint density at radius 3 is 2.50 bits per heavy atom. The van der Waals surface area contributed by atoms with Gasteiger partial charge in [-0.3, -0.25) is 4.72 Å². The third kappa shape index (κ3) is 2.84. The lowest BCUT2D eigenvalue weighted by Crippen LogP contribution is -2.15. The predicted molar refractivity (Wildman–Crippen MR) is 86.2 cm³/mol. The summed E-state index contributed by atoms with van der Waals surface area (Å²) in [4.78, 5) is 3.19. The molecule has 0 unspecified atom stereocenters. The molecule has 4 nitrogen and oxygen atoms in total. The van der Waals surface area contributed by atoms with E-state index in [9.17, 15) is 21.6 Å². The number of fused-ring (bicyclic) bond motifs is 1. The molecule has 0 bridgehead atoms. The molecule has 1 aromatic heterocycles. The first-order valence-corrected chi connectivity index (χ1v) is 9.03. The van der Waals surface area contributed by atoms with E-state index < -0.39 is 32.4 Å². The summed E-state index contributed by atoms with van der Waals surface area (Å²) in [6.07, 6.45) is 0. The molecular formula is C15H11F3N2O2S2. The van der Waals surface area contributed by atoms with Crippen molar-refractivity contribution in [3.05, 3.63) is 52.8 Å². The molecule has 0 atom stereocenters. The molecule has 0 aliphatic heterocycles. The third-order valence-electron chi connectivity index (χ3n) is 3.34. The molecule has 0 fully saturated rings. The van der Waals surface area contributed by atoms with Crippen LogP contribution in [0.3, 0.4) is 0 Å². The van der Waals surface area contributed by atoms with Crippen molar-refractivity contribution in [2.24, 2.45) is 0 Å². The molecule has 0 aliphatic rings. The lowest BCUT2D eigenvalue weighted by atomic mass is 10.1. The van der Waals surface area contributed by atoms with Gasteiger partial charge >= 0.3 is 0 Å². The average Bonchev–Trinajstić information content (AvgIpc) is 2.86. The highest BCUT2D eigenvalue weighted by molar-refractivity contribution is 7.93. The first kappa shape index (κ1) is 16.7. The van der Waals surface area contributed by atoms with Crippen molar-refractivity contribution in [3.63, 3.8) is 0 Å². The number of halogens is 3. The van der Waals surface area contributed by atoms with E-state index in [0.717, 1.165) is 27.2 Å². The Balaban J connectivity index is 2.04. The molecule has 0 spiro atoms. The lowest BCUT2D eigenvalue weighted by molar-refractivity contribution is 0.432. The van der Waals surface area contributed by atoms with Gasteiger partial charge in [-0.25, -0.2) is 26.6 Å². The second-order valence-electron chi connectivity index (χ2n) is 5.23. The largest absolute Gasteiger partial charge is 0.266 e. The third-order valence-corrected chi connectivity index (χ3v) is 5.74. The normalized spacial score (nSPS) is 11.9. The quantitative estimate of drug-likeness (QED) is 0.703. The van der Waals surface area contributed by atoms with Gasteiger partial charge in [-0.05, 0) is 43.2 Å². The molecule has 1 N–H and O–H groups in total. The van der Waals surface area contributed by atoms with Crippen molar-refractivity contribution in [1.29, 1.82) is 0 Å². The highest BCUT2D eigenvalue weighted by Crippen LogP contribution is 2.31. The predicted octanol–water partition coefficient (Wildman–Crippen LogP) is 4.13. The molecule has 9 heteroatoms. The summed E-state index contributed by atoms with van der Waals surface area (Å²) in [6, 6.07) is 4.96. The van der Waals surface area contributed by atoms with Crippen LogP contribution in [0.2, 0.25) is 0 Å². The summed E-state index contributed by atoms with van der Waals surface area (Å²) in [5.74, 6) is -5.07. The number of hydrogen-bond acceptors (Lipinski definition) is 4. The van der Waals surface area contributed by atoms with Crippen LogP contribution in [0.1, 0.15) is 11.1 Å². The van der Waals surface area contributed by atoms with E-state index in [2.05, 4.69) is 9.71 Å². The second-order valence-corrected chi connectivity index (χ2v) is 7.91. The first-order valence-electron chi connectivity index (χ1n) is 6.73. The van der Waals surface area contributed by atoms with Crippen molar-refractivity contribution in [1.82, 2.24) is 4.98 Å². The van der Waals surface area contributed by atoms with E-state index in [1.807, 2.05) is 26.0 Å². The number of nitrogens with zero attached hydrogens (tertiary/aromatic N) is 1. The summed E-state index contributed by atoms with van der Waals surface area (Å²) < 4.78 is 67.3. The van der Waals surface area contributed by atoms with E-state index in [0.29, 0.717) is 17.6 Å². The Kier molecular flexibility index (Phi) is 4.00. The van der Waals surface area contributed by atoms with Gasteiger partial charge in [-0.2, -0.15) is 0 Å². The van der Waals surface area contributed by atoms with Gasteiger partial charge in [0, 0.05) is 0 Å². The van der Waals surface area contributed by atoms with Crippen molar-refractivity contribution in [2.75, 3.05) is 4.72 Å². The zero-order valence-corrected chi connectivity index (χ0v) is 14.2. The van der Waals surface area contributed by atoms with Crippen LogP contribution in [0.5, 0.6) is 0 Å². The van der Waals surface area contributed by atoms with Gasteiger partial charge in [0.15, 0.2) is 22.6 Å². The van der Waals surface area contributed by atoms with Crippen LogP contribution in [-0.4, -0.2) is 13.4 Å². The number of hydrogen-bond donors (Lipinski definition) is 1. The molecule has 3 aromatic rings. The second kappa shape index (κ2) is 5.75. The monoisotopic (exact) mass is 372 g/mol. The molecule has 0 saturated heterocycles. The number of aromatic nitrogens is 1. The fourth-order valence-corrected chi connectivity index (χ4v) is 4.65. The Morgan fingerprint density at radius 1 is 1.08 bits per heavy atom. The molecule has 1 heterocycles. The van der Waals surface area contributed by atoms with Crippen LogP contribution in [0.4, 0.5) is 18.3 Å². The van der Waals surface area contributed by atoms with Gasteiger partial charge in [0.1, 0.15) is 4.90 Å². The molecular weight excluding hydrogens is 361 g/mol. The number of aryl methyl sites for hydroxylation is 2. The van der Waals surface area contributed by atoms with Gasteiger partial charge < -0.3 is 0 Å². The Bertz CT molecular complexity index is 1060. The van der Waals surface area contributed by atoms with Crippen molar-refractivity contribution in [3.8, 4) is 0 Å². The van der Waals surface area contributed by atoms with E-state index in [4.69, 9.17) is 0 Å². The number of sulfonamides is 1. The van der Waals surface area contributed by atoms with Crippen molar-refractivity contribution >= 4 is 36.7 Å². The van der Waals surface area contributed by atoms with E-state index in [1.165, 1.54) is 0 Å². The van der Waals surface area contributed by atoms with Crippen LogP contribution < -0.4 is 4.72 Å². The molecule has 2 aromatic carbocycles. The van der Waals surface area contributed by atoms with Gasteiger partial charge in [0.05, 0.1) is 10.2 Å². The van der Waals surface area contributed by atoms with Crippen molar-refractivity contribution < 1.29 is 21.6 Å². The Morgan fingerprint density at radius 2 is 1.79 bits per heavy atom. The average molecular weight is 372 g/mol. The van der Waals surface area contributed by atoms with Crippen LogP contribution in [-0.2, 0) is 10.0 Å². The van der Waals surface area contributed by atoms with Crippen LogP contribution in [0.15, 0.2) is 29.2 Å². The summed E-state index contributed by atoms with van der Waals surface area (Å²) in [6.45, 7) is 3.73. The maximum atomic E-state index is 13.7. The van der Waals surface area contributed by atoms with Gasteiger partial charge in [-0.1, -0.05) is 17.4 Å². The lowest BCUT2D eigenvalue weighted by Gasteiger charge is -2.06. The fraction of sp³-hybridized carbons (Fsp3) is 0.133. The number of rotatable bonds is 3. The highest BCUT2D eigenvalue weighted by Gasteiger charge is 2.25. The SMILES string of the molecule is Cc1cc(C)c2nc(NS(=O)(=O)c3ccc(F)c(F)c3F)sc2c1. The van der Waals surface area contributed by atoms with Gasteiger partial charge in [-0.15, -0.1) is 0 Å². The Hall–Kier alpha value is -2.13. The number of nitrogens with one attached hydrogen (secondary N) is 1. The van der Waals surface area contributed by atoms with Crippen molar-refractivity contribution in [2.45, 2.75) is 18.7 Å². The van der Waals surface area contributed by atoms with Crippen LogP contribution in [0, 0.1) is 31.3 Å². The molecule has 126 valence electrons. The van der Waals surface area contributed by atoms with Gasteiger partial charge in [0.2, 0.25) is 0 Å². The van der Waals surface area contributed by atoms with Crippen LogP contribution in [0.25, 0.3) is 10.2 Å². The molecule has 0 aliphatic carbocycles. The zero-order chi connectivity index (χ0) is 17.6. The Labute approximate surface area is 140 Å². The minimum atomic E-state index is -4.44. The van der Waals surface area contributed by atoms with E-state index in [1.54, 1.807) is 0 Å². The summed E-state index contributed by atoms with van der Waals surface area (Å²) >= 11 is 1.07. The smallest absolute Gasteiger partial charge is 0.255 e. The number of thiazole rings is 1. The number of benzene rings is 2. The van der Waals surface area contributed by atoms with Gasteiger partial charge in [0.25, 0.3) is 10.0 Å². The number of anilines is 1. The highest BCUT2D eigenvalue weighted by atomic mass is 32.2. The molecule has 0 saturated carbocycles. The molecule has 3 rings (SSSR count). The molecule has 24 heavy (non-hydrogen) atoms. The zero-order valence-electron chi connectivity index (χ0n) is 12.5. The van der Waals surface area contributed by atoms with E-state index in [-0.39, 0.29) is 5.13 Å². The fourth-order valence-electron chi connectivity index (χ4n) is 2.30. The standard InChI is InChI=1S/C15H11F3N2O2S2/c1-7-5-8(2)14-10(6-7)23-15(19-14)20-24(21,22)11-4-3-9(16)12(17)13(11)18/h3-6H,1-2H3,(H,19,20). The maximum absolute atomic E-state index is 13.7. The minimum Gasteiger partial charge on any atom is -0.255 e. The molecule has 0 amide bonds. The van der Waals surface area contributed by atoms with Crippen LogP contribution >= 0.6 is 11.3 Å². The maximum Gasteiger partial charge on any atom is 0.266 e.